The maximum atomic E-state index is 12.0. The Bertz CT molecular complexity index is 571. The maximum Gasteiger partial charge on any atom is 0.240 e. The van der Waals surface area contributed by atoms with Crippen molar-refractivity contribution in [1.82, 2.24) is 10.2 Å². The maximum absolute atomic E-state index is 12.0. The van der Waals surface area contributed by atoms with E-state index in [1.54, 1.807) is 29.2 Å². The van der Waals surface area contributed by atoms with Crippen molar-refractivity contribution in [3.63, 3.8) is 0 Å². The van der Waals surface area contributed by atoms with Crippen LogP contribution in [0.4, 0.5) is 0 Å². The van der Waals surface area contributed by atoms with Gasteiger partial charge in [-0.1, -0.05) is 35.0 Å². The molecule has 1 N–H and O–H groups in total. The van der Waals surface area contributed by atoms with Gasteiger partial charge in [-0.3, -0.25) is 14.4 Å². The number of hydrogen-bond acceptors (Lipinski definition) is 3. The van der Waals surface area contributed by atoms with Crippen LogP contribution >= 0.6 is 15.9 Å². The van der Waals surface area contributed by atoms with Crippen LogP contribution < -0.4 is 5.32 Å². The van der Waals surface area contributed by atoms with Crippen LogP contribution in [0.5, 0.6) is 0 Å². The van der Waals surface area contributed by atoms with E-state index in [2.05, 4.69) is 21.2 Å². The Balaban J connectivity index is 1.81. The highest BCUT2D eigenvalue weighted by atomic mass is 79.9. The van der Waals surface area contributed by atoms with E-state index in [1.165, 1.54) is 0 Å². The Kier molecular flexibility index (Phi) is 5.71. The molecule has 0 aliphatic carbocycles. The summed E-state index contributed by atoms with van der Waals surface area (Å²) in [4.78, 5) is 37.3. The van der Waals surface area contributed by atoms with Gasteiger partial charge in [0.2, 0.25) is 11.8 Å². The van der Waals surface area contributed by atoms with Crippen LogP contribution in [0.15, 0.2) is 28.7 Å². The van der Waals surface area contributed by atoms with Crippen molar-refractivity contribution in [1.29, 1.82) is 0 Å². The molecule has 0 radical (unpaired) electrons. The van der Waals surface area contributed by atoms with Gasteiger partial charge in [0.25, 0.3) is 0 Å². The van der Waals surface area contributed by atoms with Crippen molar-refractivity contribution >= 4 is 33.5 Å². The van der Waals surface area contributed by atoms with E-state index in [0.29, 0.717) is 12.1 Å². The molecule has 6 heteroatoms. The lowest BCUT2D eigenvalue weighted by atomic mass is 9.99. The number of Topliss-reactive ketones (excluding diaryl/α,β-unsaturated/α-hetero) is 1. The van der Waals surface area contributed by atoms with Gasteiger partial charge in [0.15, 0.2) is 5.78 Å². The zero-order valence-corrected chi connectivity index (χ0v) is 14.1. The summed E-state index contributed by atoms with van der Waals surface area (Å²) in [5.74, 6) is -0.460. The van der Waals surface area contributed by atoms with Crippen LogP contribution in [-0.4, -0.2) is 42.1 Å². The number of nitrogens with one attached hydrogen (secondary N) is 1. The van der Waals surface area contributed by atoms with E-state index in [0.717, 1.165) is 17.3 Å². The first-order valence-electron chi connectivity index (χ1n) is 7.31. The van der Waals surface area contributed by atoms with E-state index in [-0.39, 0.29) is 36.6 Å². The van der Waals surface area contributed by atoms with Crippen molar-refractivity contribution < 1.29 is 14.4 Å². The summed E-state index contributed by atoms with van der Waals surface area (Å²) in [5.41, 5.74) is 0.547. The lowest BCUT2D eigenvalue weighted by molar-refractivity contribution is -0.141. The van der Waals surface area contributed by atoms with E-state index >= 15 is 0 Å². The van der Waals surface area contributed by atoms with Gasteiger partial charge in [0.05, 0.1) is 13.1 Å². The predicted octanol–water partition coefficient (Wildman–Crippen LogP) is 2.01. The molecule has 1 aliphatic rings. The standard InChI is InChI=1S/C16H19BrN2O3/c1-11-3-2-8-19(16(11)22)10-15(21)18-9-14(20)12-4-6-13(17)7-5-12/h4-7,11H,2-3,8-10H2,1H3,(H,18,21)/t11-/m0/s1. The topological polar surface area (TPSA) is 66.5 Å². The van der Waals surface area contributed by atoms with Crippen molar-refractivity contribution in [2.45, 2.75) is 19.8 Å². The highest BCUT2D eigenvalue weighted by Gasteiger charge is 2.26. The van der Waals surface area contributed by atoms with Crippen molar-refractivity contribution in [3.8, 4) is 0 Å². The van der Waals surface area contributed by atoms with Crippen molar-refractivity contribution in [2.75, 3.05) is 19.6 Å². The summed E-state index contributed by atoms with van der Waals surface area (Å²) in [6.45, 7) is 2.45. The zero-order valence-electron chi connectivity index (χ0n) is 12.5. The zero-order chi connectivity index (χ0) is 16.1. The molecule has 5 nitrogen and oxygen atoms in total. The molecule has 1 saturated heterocycles. The van der Waals surface area contributed by atoms with Gasteiger partial charge in [-0.2, -0.15) is 0 Å². The number of hydrogen-bond donors (Lipinski definition) is 1. The molecule has 22 heavy (non-hydrogen) atoms. The number of likely N-dealkylation sites (tertiary alicyclic amines) is 1. The lowest BCUT2D eigenvalue weighted by Gasteiger charge is -2.29. The first kappa shape index (κ1) is 16.7. The molecule has 1 aromatic carbocycles. The van der Waals surface area contributed by atoms with Gasteiger partial charge in [-0.25, -0.2) is 0 Å². The predicted molar refractivity (Wildman–Crippen MR) is 86.5 cm³/mol. The summed E-state index contributed by atoms with van der Waals surface area (Å²) < 4.78 is 0.894. The van der Waals surface area contributed by atoms with Crippen LogP contribution in [-0.2, 0) is 9.59 Å². The molecule has 1 atom stereocenters. The lowest BCUT2D eigenvalue weighted by Crippen LogP contribution is -2.46. The SMILES string of the molecule is C[C@H]1CCCN(CC(=O)NCC(=O)c2ccc(Br)cc2)C1=O. The fraction of sp³-hybridized carbons (Fsp3) is 0.438. The quantitative estimate of drug-likeness (QED) is 0.810. The number of amides is 2. The van der Waals surface area contributed by atoms with Gasteiger partial charge in [0, 0.05) is 22.5 Å². The molecule has 2 amide bonds. The summed E-state index contributed by atoms with van der Waals surface area (Å²) in [6, 6.07) is 6.97. The van der Waals surface area contributed by atoms with Crippen LogP contribution in [0.1, 0.15) is 30.1 Å². The second kappa shape index (κ2) is 7.54. The number of piperidine rings is 1. The number of rotatable bonds is 5. The summed E-state index contributed by atoms with van der Waals surface area (Å²) in [7, 11) is 0. The molecule has 2 rings (SSSR count). The van der Waals surface area contributed by atoms with Gasteiger partial charge in [-0.15, -0.1) is 0 Å². The normalized spacial score (nSPS) is 18.2. The fourth-order valence-electron chi connectivity index (χ4n) is 2.44. The summed E-state index contributed by atoms with van der Waals surface area (Å²) >= 11 is 3.30. The number of carbonyl (C=O) groups is 3. The number of benzene rings is 1. The smallest absolute Gasteiger partial charge is 0.240 e. The van der Waals surface area contributed by atoms with E-state index in [4.69, 9.17) is 0 Å². The molecule has 1 heterocycles. The molecule has 1 aromatic rings. The molecule has 0 aromatic heterocycles. The van der Waals surface area contributed by atoms with Gasteiger partial charge < -0.3 is 10.2 Å². The number of nitrogens with zero attached hydrogens (tertiary/aromatic N) is 1. The highest BCUT2D eigenvalue weighted by Crippen LogP contribution is 2.16. The molecule has 0 saturated carbocycles. The third-order valence-corrected chi connectivity index (χ3v) is 4.27. The molecule has 1 fully saturated rings. The Morgan fingerprint density at radius 3 is 2.68 bits per heavy atom. The average molecular weight is 367 g/mol. The minimum absolute atomic E-state index is 0.0145. The minimum atomic E-state index is -0.298. The van der Waals surface area contributed by atoms with E-state index in [9.17, 15) is 14.4 Å². The molecule has 0 unspecified atom stereocenters. The number of halogens is 1. The third-order valence-electron chi connectivity index (χ3n) is 3.75. The highest BCUT2D eigenvalue weighted by molar-refractivity contribution is 9.10. The second-order valence-corrected chi connectivity index (χ2v) is 6.43. The Labute approximate surface area is 138 Å². The number of ketones is 1. The van der Waals surface area contributed by atoms with Gasteiger partial charge in [0.1, 0.15) is 0 Å². The first-order valence-corrected chi connectivity index (χ1v) is 8.11. The van der Waals surface area contributed by atoms with Gasteiger partial charge in [-0.05, 0) is 25.0 Å². The molecule has 1 aliphatic heterocycles. The largest absolute Gasteiger partial charge is 0.347 e. The molecular formula is C16H19BrN2O3. The fourth-order valence-corrected chi connectivity index (χ4v) is 2.70. The average Bonchev–Trinajstić information content (AvgIpc) is 2.50. The van der Waals surface area contributed by atoms with Crippen molar-refractivity contribution in [2.24, 2.45) is 5.92 Å². The monoisotopic (exact) mass is 366 g/mol. The molecule has 118 valence electrons. The van der Waals surface area contributed by atoms with E-state index in [1.807, 2.05) is 6.92 Å². The Morgan fingerprint density at radius 1 is 1.32 bits per heavy atom. The van der Waals surface area contributed by atoms with Crippen LogP contribution in [0.25, 0.3) is 0 Å². The third kappa shape index (κ3) is 4.40. The van der Waals surface area contributed by atoms with Crippen LogP contribution in [0.3, 0.4) is 0 Å². The van der Waals surface area contributed by atoms with Gasteiger partial charge >= 0.3 is 0 Å². The first-order chi connectivity index (χ1) is 10.5. The van der Waals surface area contributed by atoms with E-state index < -0.39 is 0 Å². The van der Waals surface area contributed by atoms with Crippen LogP contribution in [0, 0.1) is 5.92 Å². The molecular weight excluding hydrogens is 348 g/mol. The summed E-state index contributed by atoms with van der Waals surface area (Å²) in [5, 5.41) is 2.58. The Morgan fingerprint density at radius 2 is 2.00 bits per heavy atom. The minimum Gasteiger partial charge on any atom is -0.347 e. The number of carbonyl (C=O) groups excluding carboxylic acids is 3. The van der Waals surface area contributed by atoms with Crippen LogP contribution in [0.2, 0.25) is 0 Å². The second-order valence-electron chi connectivity index (χ2n) is 5.51. The molecule has 0 bridgehead atoms. The van der Waals surface area contributed by atoms with Crippen molar-refractivity contribution in [3.05, 3.63) is 34.3 Å². The summed E-state index contributed by atoms with van der Waals surface area (Å²) in [6.07, 6.45) is 1.79. The Hall–Kier alpha value is -1.69. The molecule has 0 spiro atoms.